The molecule has 3 heteroatoms. The summed E-state index contributed by atoms with van der Waals surface area (Å²) in [5.74, 6) is 2.97. The van der Waals surface area contributed by atoms with Crippen LogP contribution in [0.4, 0.5) is 0 Å². The van der Waals surface area contributed by atoms with Crippen LogP contribution in [0.25, 0.3) is 0 Å². The monoisotopic (exact) mass is 470 g/mol. The van der Waals surface area contributed by atoms with Crippen molar-refractivity contribution in [2.24, 2.45) is 0 Å². The van der Waals surface area contributed by atoms with E-state index in [1.165, 1.54) is 11.1 Å². The van der Waals surface area contributed by atoms with Gasteiger partial charge in [0.2, 0.25) is 0 Å². The van der Waals surface area contributed by atoms with Crippen molar-refractivity contribution in [2.45, 2.75) is 116 Å². The molecule has 0 atom stereocenters. The predicted octanol–water partition coefficient (Wildman–Crippen LogP) is 8.90. The highest BCUT2D eigenvalue weighted by Crippen LogP contribution is 2.32. The van der Waals surface area contributed by atoms with Crippen molar-refractivity contribution in [2.75, 3.05) is 0 Å². The topological polar surface area (TPSA) is 40.5 Å². The molecule has 0 aromatic heterocycles. The molecule has 2 rings (SSSR count). The minimum Gasteiger partial charge on any atom is -0.507 e. The van der Waals surface area contributed by atoms with Gasteiger partial charge in [-0.15, -0.1) is 0 Å². The second kappa shape index (κ2) is 15.3. The number of aromatic hydroxyl groups is 2. The summed E-state index contributed by atoms with van der Waals surface area (Å²) in [7, 11) is 0. The van der Waals surface area contributed by atoms with Crippen LogP contribution >= 0.6 is 11.8 Å². The molecule has 0 heterocycles. The van der Waals surface area contributed by atoms with Crippen molar-refractivity contribution in [1.29, 1.82) is 0 Å². The van der Waals surface area contributed by atoms with Gasteiger partial charge >= 0.3 is 0 Å². The van der Waals surface area contributed by atoms with Crippen LogP contribution in [0, 0.1) is 0 Å². The predicted molar refractivity (Wildman–Crippen MR) is 146 cm³/mol. The highest BCUT2D eigenvalue weighted by atomic mass is 32.2. The van der Waals surface area contributed by atoms with Gasteiger partial charge < -0.3 is 10.2 Å². The smallest absolute Gasteiger partial charge is 0.121 e. The van der Waals surface area contributed by atoms with Gasteiger partial charge in [0.1, 0.15) is 11.5 Å². The molecule has 0 aliphatic carbocycles. The van der Waals surface area contributed by atoms with E-state index in [-0.39, 0.29) is 0 Å². The molecule has 0 spiro atoms. The molecule has 0 aliphatic heterocycles. The van der Waals surface area contributed by atoms with E-state index in [1.807, 2.05) is 11.8 Å². The minimum atomic E-state index is 0.533. The summed E-state index contributed by atoms with van der Waals surface area (Å²) in [6.45, 7) is 8.82. The lowest BCUT2D eigenvalue weighted by Crippen LogP contribution is -1.97. The van der Waals surface area contributed by atoms with Gasteiger partial charge in [0, 0.05) is 11.5 Å². The SMILES string of the molecule is CCCCc1cc(CSCc2cc(CCCC)c(O)c(CCCC)c2)cc(CCCC)c1O. The van der Waals surface area contributed by atoms with Gasteiger partial charge in [0.05, 0.1) is 0 Å². The lowest BCUT2D eigenvalue weighted by Gasteiger charge is -2.15. The largest absolute Gasteiger partial charge is 0.507 e. The molecule has 0 amide bonds. The van der Waals surface area contributed by atoms with Gasteiger partial charge in [-0.2, -0.15) is 11.8 Å². The van der Waals surface area contributed by atoms with Gasteiger partial charge in [-0.05, 0) is 84.7 Å². The number of rotatable bonds is 16. The molecule has 0 saturated heterocycles. The Morgan fingerprint density at radius 3 is 1.03 bits per heavy atom. The zero-order valence-corrected chi connectivity index (χ0v) is 22.3. The van der Waals surface area contributed by atoms with E-state index in [9.17, 15) is 10.2 Å². The summed E-state index contributed by atoms with van der Waals surface area (Å²) >= 11 is 1.94. The first-order valence-electron chi connectivity index (χ1n) is 13.3. The highest BCUT2D eigenvalue weighted by Gasteiger charge is 2.12. The maximum Gasteiger partial charge on any atom is 0.121 e. The molecule has 184 valence electrons. The van der Waals surface area contributed by atoms with Crippen molar-refractivity contribution in [3.63, 3.8) is 0 Å². The average molecular weight is 471 g/mol. The van der Waals surface area contributed by atoms with Gasteiger partial charge in [-0.25, -0.2) is 0 Å². The number of hydrogen-bond donors (Lipinski definition) is 2. The van der Waals surface area contributed by atoms with Gasteiger partial charge in [-0.3, -0.25) is 0 Å². The molecule has 0 radical (unpaired) electrons. The molecule has 0 aliphatic rings. The summed E-state index contributed by atoms with van der Waals surface area (Å²) in [5, 5.41) is 21.5. The third kappa shape index (κ3) is 8.92. The molecular weight excluding hydrogens is 424 g/mol. The summed E-state index contributed by atoms with van der Waals surface area (Å²) in [6.07, 6.45) is 12.9. The van der Waals surface area contributed by atoms with Crippen molar-refractivity contribution in [3.05, 3.63) is 57.6 Å². The van der Waals surface area contributed by atoms with Crippen molar-refractivity contribution < 1.29 is 10.2 Å². The highest BCUT2D eigenvalue weighted by molar-refractivity contribution is 7.97. The number of hydrogen-bond acceptors (Lipinski definition) is 3. The zero-order chi connectivity index (χ0) is 24.1. The lowest BCUT2D eigenvalue weighted by molar-refractivity contribution is 0.458. The number of phenolic OH excluding ortho intramolecular Hbond substituents is 2. The fraction of sp³-hybridized carbons (Fsp3) is 0.600. The quantitative estimate of drug-likeness (QED) is 0.257. The van der Waals surface area contributed by atoms with Crippen molar-refractivity contribution >= 4 is 11.8 Å². The van der Waals surface area contributed by atoms with Crippen LogP contribution < -0.4 is 0 Å². The van der Waals surface area contributed by atoms with Gasteiger partial charge in [0.15, 0.2) is 0 Å². The van der Waals surface area contributed by atoms with Gasteiger partial charge in [-0.1, -0.05) is 77.6 Å². The van der Waals surface area contributed by atoms with E-state index in [2.05, 4.69) is 52.0 Å². The lowest BCUT2D eigenvalue weighted by atomic mass is 9.97. The summed E-state index contributed by atoms with van der Waals surface area (Å²) < 4.78 is 0. The third-order valence-electron chi connectivity index (χ3n) is 6.39. The number of benzene rings is 2. The van der Waals surface area contributed by atoms with Crippen LogP contribution in [-0.4, -0.2) is 10.2 Å². The molecule has 2 aromatic rings. The Morgan fingerprint density at radius 2 is 0.788 bits per heavy atom. The first kappa shape index (κ1) is 27.6. The molecule has 33 heavy (non-hydrogen) atoms. The maximum absolute atomic E-state index is 10.8. The maximum atomic E-state index is 10.8. The number of aryl methyl sites for hydroxylation is 4. The van der Waals surface area contributed by atoms with E-state index in [0.29, 0.717) is 11.5 Å². The van der Waals surface area contributed by atoms with Crippen molar-refractivity contribution in [3.8, 4) is 11.5 Å². The molecule has 2 N–H and O–H groups in total. The fourth-order valence-corrected chi connectivity index (χ4v) is 5.26. The summed E-state index contributed by atoms with van der Waals surface area (Å²) in [5.41, 5.74) is 7.13. The van der Waals surface area contributed by atoms with Crippen molar-refractivity contribution in [1.82, 2.24) is 0 Å². The van der Waals surface area contributed by atoms with Gasteiger partial charge in [0.25, 0.3) is 0 Å². The first-order chi connectivity index (χ1) is 16.0. The van der Waals surface area contributed by atoms with Crippen LogP contribution in [0.1, 0.15) is 112 Å². The Morgan fingerprint density at radius 1 is 0.515 bits per heavy atom. The molecular formula is C30H46O2S. The van der Waals surface area contributed by atoms with E-state index in [0.717, 1.165) is 111 Å². The van der Waals surface area contributed by atoms with E-state index < -0.39 is 0 Å². The van der Waals surface area contributed by atoms with E-state index in [1.54, 1.807) is 0 Å². The number of phenols is 2. The second-order valence-corrected chi connectivity index (χ2v) is 10.4. The summed E-state index contributed by atoms with van der Waals surface area (Å²) in [6, 6.07) is 8.90. The molecule has 2 nitrogen and oxygen atoms in total. The van der Waals surface area contributed by atoms with E-state index >= 15 is 0 Å². The normalized spacial score (nSPS) is 11.3. The molecule has 0 bridgehead atoms. The Labute approximate surface area is 207 Å². The molecule has 0 fully saturated rings. The molecule has 0 saturated carbocycles. The minimum absolute atomic E-state index is 0.533. The summed E-state index contributed by atoms with van der Waals surface area (Å²) in [4.78, 5) is 0. The second-order valence-electron chi connectivity index (χ2n) is 9.43. The third-order valence-corrected chi connectivity index (χ3v) is 7.47. The molecule has 0 unspecified atom stereocenters. The van der Waals surface area contributed by atoms with Crippen LogP contribution in [0.2, 0.25) is 0 Å². The first-order valence-corrected chi connectivity index (χ1v) is 14.4. The van der Waals surface area contributed by atoms with Crippen LogP contribution in [-0.2, 0) is 37.2 Å². The van der Waals surface area contributed by atoms with Crippen LogP contribution in [0.3, 0.4) is 0 Å². The Kier molecular flexibility index (Phi) is 12.8. The van der Waals surface area contributed by atoms with Crippen LogP contribution in [0.15, 0.2) is 24.3 Å². The molecule has 2 aromatic carbocycles. The fourth-order valence-electron chi connectivity index (χ4n) is 4.35. The Balaban J connectivity index is 2.15. The average Bonchev–Trinajstić information content (AvgIpc) is 2.82. The number of thioether (sulfide) groups is 1. The Bertz CT molecular complexity index is 716. The zero-order valence-electron chi connectivity index (χ0n) is 21.5. The Hall–Kier alpha value is -1.61. The van der Waals surface area contributed by atoms with E-state index in [4.69, 9.17) is 0 Å². The van der Waals surface area contributed by atoms with Crippen LogP contribution in [0.5, 0.6) is 11.5 Å². The standard InChI is InChI=1S/C30H46O2S/c1-5-9-13-25-17-23(18-26(29(25)31)14-10-6-2)21-33-22-24-19-27(15-11-7-3)30(32)28(20-24)16-12-8-4/h17-20,31-32H,5-16,21-22H2,1-4H3. The number of unbranched alkanes of at least 4 members (excludes halogenated alkanes) is 4.